The van der Waals surface area contributed by atoms with Gasteiger partial charge >= 0.3 is 5.97 Å². The smallest absolute Gasteiger partial charge is 0.349 e. The molecule has 150 valence electrons. The first-order valence-corrected chi connectivity index (χ1v) is 9.24. The van der Waals surface area contributed by atoms with Crippen LogP contribution in [0.2, 0.25) is 5.02 Å². The molecule has 2 aromatic heterocycles. The number of carbonyl (C=O) groups is 2. The van der Waals surface area contributed by atoms with Gasteiger partial charge in [0.1, 0.15) is 9.71 Å². The monoisotopic (exact) mass is 436 g/mol. The second-order valence-corrected chi connectivity index (χ2v) is 7.35. The Morgan fingerprint density at radius 1 is 1.41 bits per heavy atom. The number of rotatable bonds is 5. The van der Waals surface area contributed by atoms with Crippen LogP contribution in [0.3, 0.4) is 0 Å². The molecule has 1 amide bonds. The molecule has 3 aromatic rings. The lowest BCUT2D eigenvalue weighted by Gasteiger charge is -2.08. The highest BCUT2D eigenvalue weighted by atomic mass is 35.5. The fraction of sp³-hybridized carbons (Fsp3) is 0.176. The highest BCUT2D eigenvalue weighted by Gasteiger charge is 2.21. The lowest BCUT2D eigenvalue weighted by atomic mass is 10.2. The number of anilines is 1. The summed E-state index contributed by atoms with van der Waals surface area (Å²) in [5.74, 6) is -1.51. The van der Waals surface area contributed by atoms with Crippen LogP contribution in [0, 0.1) is 17.0 Å². The van der Waals surface area contributed by atoms with Gasteiger partial charge in [-0.3, -0.25) is 19.7 Å². The molecule has 3 rings (SSSR count). The Bertz CT molecular complexity index is 1220. The molecule has 2 heterocycles. The van der Waals surface area contributed by atoms with E-state index >= 15 is 0 Å². The quantitative estimate of drug-likeness (QED) is 0.369. The van der Waals surface area contributed by atoms with E-state index in [1.54, 1.807) is 14.0 Å². The summed E-state index contributed by atoms with van der Waals surface area (Å²) >= 11 is 6.91. The maximum Gasteiger partial charge on any atom is 0.349 e. The topological polar surface area (TPSA) is 133 Å². The van der Waals surface area contributed by atoms with Crippen LogP contribution in [0.5, 0.6) is 0 Å². The van der Waals surface area contributed by atoms with Gasteiger partial charge in [-0.25, -0.2) is 9.78 Å². The number of esters is 1. The molecule has 0 aliphatic carbocycles. The van der Waals surface area contributed by atoms with Crippen LogP contribution < -0.4 is 10.9 Å². The highest BCUT2D eigenvalue weighted by Crippen LogP contribution is 2.28. The van der Waals surface area contributed by atoms with E-state index < -0.39 is 23.4 Å². The maximum absolute atomic E-state index is 12.4. The van der Waals surface area contributed by atoms with Gasteiger partial charge in [0.2, 0.25) is 0 Å². The number of nitro groups is 1. The zero-order valence-corrected chi connectivity index (χ0v) is 16.7. The van der Waals surface area contributed by atoms with Gasteiger partial charge in [0.15, 0.2) is 6.61 Å². The number of aromatic nitrogens is 2. The van der Waals surface area contributed by atoms with E-state index in [1.165, 1.54) is 23.0 Å². The summed E-state index contributed by atoms with van der Waals surface area (Å²) in [4.78, 5) is 51.5. The van der Waals surface area contributed by atoms with E-state index in [-0.39, 0.29) is 26.8 Å². The first kappa shape index (κ1) is 20.4. The number of amides is 1. The van der Waals surface area contributed by atoms with Gasteiger partial charge in [-0.1, -0.05) is 11.6 Å². The third-order valence-corrected chi connectivity index (χ3v) is 5.47. The first-order valence-electron chi connectivity index (χ1n) is 8.04. The van der Waals surface area contributed by atoms with Gasteiger partial charge in [-0.05, 0) is 18.6 Å². The van der Waals surface area contributed by atoms with Crippen molar-refractivity contribution < 1.29 is 19.2 Å². The van der Waals surface area contributed by atoms with Crippen LogP contribution in [0.1, 0.15) is 15.2 Å². The third-order valence-electron chi connectivity index (χ3n) is 3.97. The van der Waals surface area contributed by atoms with Crippen molar-refractivity contribution in [2.75, 3.05) is 11.9 Å². The number of benzene rings is 1. The van der Waals surface area contributed by atoms with Crippen molar-refractivity contribution in [2.24, 2.45) is 7.05 Å². The third kappa shape index (κ3) is 4.10. The molecule has 10 nitrogen and oxygen atoms in total. The van der Waals surface area contributed by atoms with Gasteiger partial charge in [0, 0.05) is 19.2 Å². The molecule has 0 aliphatic rings. The van der Waals surface area contributed by atoms with Crippen LogP contribution in [-0.2, 0) is 16.6 Å². The molecule has 0 atom stereocenters. The van der Waals surface area contributed by atoms with Crippen molar-refractivity contribution in [3.63, 3.8) is 0 Å². The molecule has 0 saturated heterocycles. The summed E-state index contributed by atoms with van der Waals surface area (Å²) < 4.78 is 6.31. The Balaban J connectivity index is 1.72. The molecule has 0 spiro atoms. The maximum atomic E-state index is 12.4. The van der Waals surface area contributed by atoms with E-state index in [4.69, 9.17) is 16.3 Å². The number of carbonyl (C=O) groups excluding carboxylic acids is 2. The molecule has 1 aromatic carbocycles. The number of nitrogens with zero attached hydrogens (tertiary/aromatic N) is 3. The highest BCUT2D eigenvalue weighted by molar-refractivity contribution is 7.20. The first-order chi connectivity index (χ1) is 13.7. The van der Waals surface area contributed by atoms with Gasteiger partial charge in [0.05, 0.1) is 27.3 Å². The van der Waals surface area contributed by atoms with E-state index in [1.807, 2.05) is 0 Å². The Morgan fingerprint density at radius 2 is 2.14 bits per heavy atom. The Kier molecular flexibility index (Phi) is 5.62. The van der Waals surface area contributed by atoms with Crippen molar-refractivity contribution in [2.45, 2.75) is 6.92 Å². The van der Waals surface area contributed by atoms with E-state index in [0.29, 0.717) is 15.8 Å². The normalized spacial score (nSPS) is 10.7. The lowest BCUT2D eigenvalue weighted by molar-refractivity contribution is -0.384. The van der Waals surface area contributed by atoms with E-state index in [2.05, 4.69) is 10.3 Å². The Hall–Kier alpha value is -3.31. The van der Waals surface area contributed by atoms with Crippen LogP contribution in [0.15, 0.2) is 29.3 Å². The van der Waals surface area contributed by atoms with Gasteiger partial charge < -0.3 is 14.6 Å². The largest absolute Gasteiger partial charge is 0.451 e. The Morgan fingerprint density at radius 3 is 2.83 bits per heavy atom. The van der Waals surface area contributed by atoms with Crippen molar-refractivity contribution in [3.8, 4) is 0 Å². The van der Waals surface area contributed by atoms with E-state index in [0.717, 1.165) is 17.4 Å². The number of halogens is 1. The molecule has 1 N–H and O–H groups in total. The molecular weight excluding hydrogens is 424 g/mol. The number of thiophene rings is 1. The minimum absolute atomic E-state index is 0.0210. The predicted octanol–water partition coefficient (Wildman–Crippen LogP) is 2.66. The molecule has 0 radical (unpaired) electrons. The van der Waals surface area contributed by atoms with Gasteiger partial charge in [-0.15, -0.1) is 11.3 Å². The fourth-order valence-electron chi connectivity index (χ4n) is 2.51. The zero-order chi connectivity index (χ0) is 21.3. The summed E-state index contributed by atoms with van der Waals surface area (Å²) in [6.07, 6.45) is 1.35. The molecule has 0 unspecified atom stereocenters. The molecule has 12 heteroatoms. The van der Waals surface area contributed by atoms with Crippen molar-refractivity contribution >= 4 is 56.4 Å². The summed E-state index contributed by atoms with van der Waals surface area (Å²) in [5, 5.41) is 13.6. The van der Waals surface area contributed by atoms with Gasteiger partial charge in [-0.2, -0.15) is 0 Å². The average molecular weight is 437 g/mol. The van der Waals surface area contributed by atoms with Crippen LogP contribution >= 0.6 is 22.9 Å². The summed E-state index contributed by atoms with van der Waals surface area (Å²) in [6, 6.07) is 3.57. The second-order valence-electron chi connectivity index (χ2n) is 5.94. The minimum Gasteiger partial charge on any atom is -0.451 e. The van der Waals surface area contributed by atoms with Crippen LogP contribution in [0.25, 0.3) is 10.2 Å². The number of ether oxygens (including phenoxy) is 1. The Labute approximate surface area is 171 Å². The fourth-order valence-corrected chi connectivity index (χ4v) is 3.71. The number of aryl methyl sites for hydroxylation is 2. The molecule has 0 fully saturated rings. The second kappa shape index (κ2) is 7.97. The van der Waals surface area contributed by atoms with Crippen LogP contribution in [-0.4, -0.2) is 33.0 Å². The van der Waals surface area contributed by atoms with E-state index in [9.17, 15) is 24.5 Å². The SMILES string of the molecule is Cc1c(C(=O)OCC(=O)Nc2cc([N+](=O)[O-])ccc2Cl)sc2ncn(C)c(=O)c12. The number of hydrogen-bond donors (Lipinski definition) is 1. The van der Waals surface area contributed by atoms with Crippen LogP contribution in [0.4, 0.5) is 11.4 Å². The summed E-state index contributed by atoms with van der Waals surface area (Å²) in [6.45, 7) is 0.957. The molecular formula is C17H13ClN4O6S. The number of non-ortho nitro benzene ring substituents is 1. The van der Waals surface area contributed by atoms with Gasteiger partial charge in [0.25, 0.3) is 17.2 Å². The van der Waals surface area contributed by atoms with Crippen molar-refractivity contribution in [1.82, 2.24) is 9.55 Å². The van der Waals surface area contributed by atoms with Crippen molar-refractivity contribution in [1.29, 1.82) is 0 Å². The molecule has 0 bridgehead atoms. The summed E-state index contributed by atoms with van der Waals surface area (Å²) in [7, 11) is 1.55. The number of hydrogen-bond acceptors (Lipinski definition) is 8. The minimum atomic E-state index is -0.784. The summed E-state index contributed by atoms with van der Waals surface area (Å²) in [5.41, 5.74) is -0.101. The molecule has 0 saturated carbocycles. The lowest BCUT2D eigenvalue weighted by Crippen LogP contribution is -2.21. The number of fused-ring (bicyclic) bond motifs is 1. The zero-order valence-electron chi connectivity index (χ0n) is 15.1. The number of nitro benzene ring substituents is 1. The average Bonchev–Trinajstić information content (AvgIpc) is 3.01. The number of nitrogens with one attached hydrogen (secondary N) is 1. The molecule has 0 aliphatic heterocycles. The predicted molar refractivity (Wildman–Crippen MR) is 107 cm³/mol. The molecule has 29 heavy (non-hydrogen) atoms. The standard InChI is InChI=1S/C17H13ClN4O6S/c1-8-13-15(19-7-21(2)16(13)24)29-14(8)17(25)28-6-12(23)20-11-5-9(22(26)27)3-4-10(11)18/h3-5,7H,6H2,1-2H3,(H,20,23). The van der Waals surface area contributed by atoms with Crippen molar-refractivity contribution in [3.05, 3.63) is 60.5 Å².